The number of nitrogens with one attached hydrogen (secondary N) is 2. The summed E-state index contributed by atoms with van der Waals surface area (Å²) in [6, 6.07) is 26.1. The van der Waals surface area contributed by atoms with Crippen LogP contribution in [0, 0.1) is 0 Å². The normalized spacial score (nSPS) is 10.2. The quantitative estimate of drug-likeness (QED) is 0.398. The van der Waals surface area contributed by atoms with E-state index in [1.807, 2.05) is 54.6 Å². The standard InChI is InChI=1S/C24H25BrN2O2.ClH/c25-22-11-12-23(29-18-24(28)27-16-20-9-5-2-6-10-20)21(15-22)17-26-14-13-19-7-3-1-4-8-19;/h1-12,15,26H,13-14,16-18H2,(H,27,28);1H. The number of amides is 1. The van der Waals surface area contributed by atoms with Crippen molar-refractivity contribution in [2.75, 3.05) is 13.2 Å². The molecule has 3 aromatic carbocycles. The van der Waals surface area contributed by atoms with Crippen LogP contribution in [0.25, 0.3) is 0 Å². The third-order valence-corrected chi connectivity index (χ3v) is 4.96. The Morgan fingerprint density at radius 3 is 2.23 bits per heavy atom. The van der Waals surface area contributed by atoms with Crippen LogP contribution in [0.1, 0.15) is 16.7 Å². The highest BCUT2D eigenvalue weighted by Crippen LogP contribution is 2.23. The van der Waals surface area contributed by atoms with Crippen molar-refractivity contribution in [1.29, 1.82) is 0 Å². The van der Waals surface area contributed by atoms with E-state index in [0.717, 1.165) is 34.3 Å². The second kappa shape index (κ2) is 13.1. The van der Waals surface area contributed by atoms with E-state index in [-0.39, 0.29) is 24.9 Å². The molecule has 3 rings (SSSR count). The van der Waals surface area contributed by atoms with Gasteiger partial charge in [-0.15, -0.1) is 12.4 Å². The summed E-state index contributed by atoms with van der Waals surface area (Å²) in [5, 5.41) is 6.33. The summed E-state index contributed by atoms with van der Waals surface area (Å²) >= 11 is 3.51. The van der Waals surface area contributed by atoms with Gasteiger partial charge < -0.3 is 15.4 Å². The largest absolute Gasteiger partial charge is 0.483 e. The van der Waals surface area contributed by atoms with Gasteiger partial charge in [0, 0.05) is 23.1 Å². The molecule has 0 aliphatic rings. The van der Waals surface area contributed by atoms with Crippen molar-refractivity contribution in [3.05, 3.63) is 100 Å². The highest BCUT2D eigenvalue weighted by molar-refractivity contribution is 9.10. The second-order valence-electron chi connectivity index (χ2n) is 6.72. The first-order chi connectivity index (χ1) is 14.2. The SMILES string of the molecule is Cl.O=C(COc1ccc(Br)cc1CNCCc1ccccc1)NCc1ccccc1. The van der Waals surface area contributed by atoms with Gasteiger partial charge in [-0.3, -0.25) is 4.79 Å². The molecular formula is C24H26BrClN2O2. The molecule has 6 heteroatoms. The van der Waals surface area contributed by atoms with Gasteiger partial charge in [-0.1, -0.05) is 76.6 Å². The molecule has 0 aliphatic heterocycles. The number of carbonyl (C=O) groups is 1. The minimum Gasteiger partial charge on any atom is -0.483 e. The van der Waals surface area contributed by atoms with E-state index in [1.165, 1.54) is 5.56 Å². The van der Waals surface area contributed by atoms with Crippen molar-refractivity contribution < 1.29 is 9.53 Å². The predicted octanol–water partition coefficient (Wildman–Crippen LogP) is 4.90. The molecule has 30 heavy (non-hydrogen) atoms. The fourth-order valence-electron chi connectivity index (χ4n) is 2.92. The predicted molar refractivity (Wildman–Crippen MR) is 127 cm³/mol. The number of hydrogen-bond acceptors (Lipinski definition) is 3. The minimum absolute atomic E-state index is 0. The monoisotopic (exact) mass is 488 g/mol. The topological polar surface area (TPSA) is 50.4 Å². The van der Waals surface area contributed by atoms with Gasteiger partial charge in [0.05, 0.1) is 0 Å². The number of carbonyl (C=O) groups excluding carboxylic acids is 1. The van der Waals surface area contributed by atoms with Crippen LogP contribution in [0.5, 0.6) is 5.75 Å². The van der Waals surface area contributed by atoms with E-state index in [4.69, 9.17) is 4.74 Å². The Balaban J connectivity index is 0.00000320. The van der Waals surface area contributed by atoms with Crippen LogP contribution in [-0.2, 0) is 24.3 Å². The number of rotatable bonds is 10. The van der Waals surface area contributed by atoms with Gasteiger partial charge in [0.15, 0.2) is 6.61 Å². The van der Waals surface area contributed by atoms with E-state index < -0.39 is 0 Å². The first-order valence-electron chi connectivity index (χ1n) is 9.67. The van der Waals surface area contributed by atoms with Gasteiger partial charge in [-0.05, 0) is 42.3 Å². The molecule has 0 fully saturated rings. The fourth-order valence-corrected chi connectivity index (χ4v) is 3.33. The molecular weight excluding hydrogens is 464 g/mol. The van der Waals surface area contributed by atoms with Crippen molar-refractivity contribution in [3.8, 4) is 5.75 Å². The molecule has 3 aromatic rings. The summed E-state index contributed by atoms with van der Waals surface area (Å²) in [6.07, 6.45) is 0.965. The van der Waals surface area contributed by atoms with Crippen molar-refractivity contribution in [2.24, 2.45) is 0 Å². The zero-order valence-electron chi connectivity index (χ0n) is 16.6. The third kappa shape index (κ3) is 8.19. The maximum Gasteiger partial charge on any atom is 0.258 e. The van der Waals surface area contributed by atoms with Crippen LogP contribution >= 0.6 is 28.3 Å². The van der Waals surface area contributed by atoms with Gasteiger partial charge in [0.1, 0.15) is 5.75 Å². The summed E-state index contributed by atoms with van der Waals surface area (Å²) in [5.74, 6) is 0.579. The highest BCUT2D eigenvalue weighted by atomic mass is 79.9. The molecule has 2 N–H and O–H groups in total. The Morgan fingerprint density at radius 1 is 0.867 bits per heavy atom. The lowest BCUT2D eigenvalue weighted by molar-refractivity contribution is -0.123. The molecule has 0 bridgehead atoms. The van der Waals surface area contributed by atoms with Crippen molar-refractivity contribution in [3.63, 3.8) is 0 Å². The number of hydrogen-bond donors (Lipinski definition) is 2. The van der Waals surface area contributed by atoms with Crippen LogP contribution in [0.3, 0.4) is 0 Å². The maximum atomic E-state index is 12.1. The Bertz CT molecular complexity index is 908. The molecule has 1 amide bonds. The van der Waals surface area contributed by atoms with Gasteiger partial charge in [0.2, 0.25) is 0 Å². The molecule has 0 aromatic heterocycles. The molecule has 0 unspecified atom stereocenters. The van der Waals surface area contributed by atoms with E-state index >= 15 is 0 Å². The molecule has 0 spiro atoms. The van der Waals surface area contributed by atoms with Crippen molar-refractivity contribution in [2.45, 2.75) is 19.5 Å². The van der Waals surface area contributed by atoms with E-state index in [1.54, 1.807) is 0 Å². The Morgan fingerprint density at radius 2 is 1.53 bits per heavy atom. The van der Waals surface area contributed by atoms with E-state index in [2.05, 4.69) is 50.8 Å². The van der Waals surface area contributed by atoms with Crippen LogP contribution < -0.4 is 15.4 Å². The zero-order valence-corrected chi connectivity index (χ0v) is 19.0. The van der Waals surface area contributed by atoms with Gasteiger partial charge in [0.25, 0.3) is 5.91 Å². The second-order valence-corrected chi connectivity index (χ2v) is 7.63. The zero-order chi connectivity index (χ0) is 20.3. The van der Waals surface area contributed by atoms with Gasteiger partial charge in [-0.2, -0.15) is 0 Å². The molecule has 158 valence electrons. The van der Waals surface area contributed by atoms with Gasteiger partial charge in [-0.25, -0.2) is 0 Å². The summed E-state index contributed by atoms with van der Waals surface area (Å²) in [5.41, 5.74) is 3.39. The van der Waals surface area contributed by atoms with Crippen LogP contribution in [0.15, 0.2) is 83.3 Å². The number of benzene rings is 3. The smallest absolute Gasteiger partial charge is 0.258 e. The molecule has 0 radical (unpaired) electrons. The molecule has 0 heterocycles. The number of ether oxygens (including phenoxy) is 1. The highest BCUT2D eigenvalue weighted by Gasteiger charge is 2.08. The average molecular weight is 490 g/mol. The van der Waals surface area contributed by atoms with Crippen LogP contribution in [0.2, 0.25) is 0 Å². The Hall–Kier alpha value is -2.34. The van der Waals surface area contributed by atoms with E-state index in [0.29, 0.717) is 13.1 Å². The first kappa shape index (κ1) is 23.9. The summed E-state index contributed by atoms with van der Waals surface area (Å²) < 4.78 is 6.77. The van der Waals surface area contributed by atoms with Crippen molar-refractivity contribution >= 4 is 34.2 Å². The van der Waals surface area contributed by atoms with Crippen LogP contribution in [0.4, 0.5) is 0 Å². The summed E-state index contributed by atoms with van der Waals surface area (Å²) in [7, 11) is 0. The average Bonchev–Trinajstić information content (AvgIpc) is 2.76. The molecule has 0 atom stereocenters. The fraction of sp³-hybridized carbons (Fsp3) is 0.208. The van der Waals surface area contributed by atoms with Gasteiger partial charge >= 0.3 is 0 Å². The molecule has 0 saturated heterocycles. The lowest BCUT2D eigenvalue weighted by Gasteiger charge is -2.13. The van der Waals surface area contributed by atoms with Crippen LogP contribution in [-0.4, -0.2) is 19.1 Å². The summed E-state index contributed by atoms with van der Waals surface area (Å²) in [6.45, 7) is 2.03. The van der Waals surface area contributed by atoms with E-state index in [9.17, 15) is 4.79 Å². The molecule has 0 aliphatic carbocycles. The minimum atomic E-state index is -0.139. The lowest BCUT2D eigenvalue weighted by Crippen LogP contribution is -2.28. The first-order valence-corrected chi connectivity index (χ1v) is 10.5. The van der Waals surface area contributed by atoms with Crippen molar-refractivity contribution in [1.82, 2.24) is 10.6 Å². The maximum absolute atomic E-state index is 12.1. The number of halogens is 2. The lowest BCUT2D eigenvalue weighted by atomic mass is 10.1. The third-order valence-electron chi connectivity index (χ3n) is 4.46. The summed E-state index contributed by atoms with van der Waals surface area (Å²) in [4.78, 5) is 12.1. The molecule has 0 saturated carbocycles. The molecule has 4 nitrogen and oxygen atoms in total. The Labute approximate surface area is 192 Å². The Kier molecular flexibility index (Phi) is 10.4.